The predicted molar refractivity (Wildman–Crippen MR) is 103 cm³/mol. The second kappa shape index (κ2) is 8.05. The van der Waals surface area contributed by atoms with E-state index in [4.69, 9.17) is 4.42 Å². The lowest BCUT2D eigenvalue weighted by molar-refractivity contribution is -0.111. The second-order valence-electron chi connectivity index (χ2n) is 5.80. The maximum Gasteiger partial charge on any atom is 0.250 e. The van der Waals surface area contributed by atoms with Crippen molar-refractivity contribution in [3.63, 3.8) is 0 Å². The van der Waals surface area contributed by atoms with Gasteiger partial charge in [0, 0.05) is 12.0 Å². The molecule has 0 radical (unpaired) electrons. The van der Waals surface area contributed by atoms with E-state index >= 15 is 0 Å². The number of hydrogen-bond acceptors (Lipinski definition) is 6. The summed E-state index contributed by atoms with van der Waals surface area (Å²) >= 11 is 1.38. The average Bonchev–Trinajstić information content (AvgIpc) is 3.10. The highest BCUT2D eigenvalue weighted by molar-refractivity contribution is 7.15. The molecule has 0 fully saturated rings. The first kappa shape index (κ1) is 18.0. The lowest BCUT2D eigenvalue weighted by Crippen LogP contribution is -2.09. The zero-order valence-corrected chi connectivity index (χ0v) is 15.4. The van der Waals surface area contributed by atoms with Crippen LogP contribution in [0.2, 0.25) is 0 Å². The third-order valence-corrected chi connectivity index (χ3v) is 5.13. The highest BCUT2D eigenvalue weighted by atomic mass is 32.1. The number of rotatable bonds is 6. The van der Waals surface area contributed by atoms with Gasteiger partial charge in [0.05, 0.1) is 10.9 Å². The molecule has 6 nitrogen and oxygen atoms in total. The van der Waals surface area contributed by atoms with Crippen LogP contribution in [0.3, 0.4) is 0 Å². The fraction of sp³-hybridized carbons (Fsp3) is 0.263. The molecule has 1 amide bonds. The van der Waals surface area contributed by atoms with Crippen LogP contribution in [-0.4, -0.2) is 16.1 Å². The Kier molecular flexibility index (Phi) is 5.58. The Labute approximate surface area is 154 Å². The van der Waals surface area contributed by atoms with Crippen molar-refractivity contribution in [1.82, 2.24) is 10.2 Å². The molecule has 26 heavy (non-hydrogen) atoms. The summed E-state index contributed by atoms with van der Waals surface area (Å²) in [5, 5.41) is 12.7. The van der Waals surface area contributed by atoms with Gasteiger partial charge >= 0.3 is 0 Å². The van der Waals surface area contributed by atoms with E-state index in [2.05, 4.69) is 29.4 Å². The summed E-state index contributed by atoms with van der Waals surface area (Å²) in [7, 11) is 0. The van der Waals surface area contributed by atoms with Crippen LogP contribution >= 0.6 is 11.3 Å². The fourth-order valence-electron chi connectivity index (χ4n) is 2.61. The third-order valence-electron chi connectivity index (χ3n) is 4.13. The number of nitrogens with zero attached hydrogens (tertiary/aromatic N) is 2. The molecular weight excluding hydrogens is 350 g/mol. The molecule has 0 aliphatic carbocycles. The zero-order chi connectivity index (χ0) is 18.5. The molecule has 3 aromatic rings. The van der Waals surface area contributed by atoms with E-state index < -0.39 is 0 Å². The standard InChI is InChI=1S/C19H19N3O3S/c1-3-12(4-2)18-21-22-19(26-18)20-16(23)10-9-13-11-25-15-8-6-5-7-14(15)17(13)24/h5-12H,3-4H2,1-2H3,(H,20,22,23)/b10-9+. The van der Waals surface area contributed by atoms with Gasteiger partial charge in [-0.1, -0.05) is 37.3 Å². The van der Waals surface area contributed by atoms with Crippen molar-refractivity contribution in [2.75, 3.05) is 5.32 Å². The van der Waals surface area contributed by atoms with E-state index in [1.165, 1.54) is 29.8 Å². The number of aromatic nitrogens is 2. The van der Waals surface area contributed by atoms with Crippen LogP contribution in [0.5, 0.6) is 0 Å². The van der Waals surface area contributed by atoms with Gasteiger partial charge in [-0.05, 0) is 31.1 Å². The monoisotopic (exact) mass is 369 g/mol. The summed E-state index contributed by atoms with van der Waals surface area (Å²) in [6, 6.07) is 6.99. The topological polar surface area (TPSA) is 85.1 Å². The van der Waals surface area contributed by atoms with Crippen molar-refractivity contribution in [2.24, 2.45) is 0 Å². The number of fused-ring (bicyclic) bond motifs is 1. The molecule has 2 aromatic heterocycles. The van der Waals surface area contributed by atoms with Crippen molar-refractivity contribution < 1.29 is 9.21 Å². The second-order valence-corrected chi connectivity index (χ2v) is 6.81. The quantitative estimate of drug-likeness (QED) is 0.658. The van der Waals surface area contributed by atoms with Crippen LogP contribution in [0.15, 0.2) is 45.8 Å². The molecule has 0 saturated carbocycles. The third kappa shape index (κ3) is 3.88. The molecule has 134 valence electrons. The van der Waals surface area contributed by atoms with Crippen LogP contribution in [0.1, 0.15) is 43.2 Å². The summed E-state index contributed by atoms with van der Waals surface area (Å²) in [5.74, 6) is -0.0132. The first-order chi connectivity index (χ1) is 12.6. The zero-order valence-electron chi connectivity index (χ0n) is 14.6. The summed E-state index contributed by atoms with van der Waals surface area (Å²) in [6.45, 7) is 4.21. The van der Waals surface area contributed by atoms with E-state index in [-0.39, 0.29) is 11.3 Å². The highest BCUT2D eigenvalue weighted by Crippen LogP contribution is 2.28. The average molecular weight is 369 g/mol. The Morgan fingerprint density at radius 2 is 2.04 bits per heavy atom. The molecule has 0 aliphatic heterocycles. The Morgan fingerprint density at radius 1 is 1.27 bits per heavy atom. The summed E-state index contributed by atoms with van der Waals surface area (Å²) in [4.78, 5) is 24.5. The predicted octanol–water partition coefficient (Wildman–Crippen LogP) is 4.20. The van der Waals surface area contributed by atoms with Gasteiger partial charge in [0.25, 0.3) is 0 Å². The first-order valence-electron chi connectivity index (χ1n) is 8.45. The van der Waals surface area contributed by atoms with Crippen LogP contribution in [0, 0.1) is 0 Å². The van der Waals surface area contributed by atoms with Crippen molar-refractivity contribution in [2.45, 2.75) is 32.6 Å². The molecule has 0 bridgehead atoms. The molecule has 7 heteroatoms. The number of carbonyl (C=O) groups is 1. The van der Waals surface area contributed by atoms with Gasteiger partial charge in [0.15, 0.2) is 5.43 Å². The van der Waals surface area contributed by atoms with Gasteiger partial charge in [-0.2, -0.15) is 0 Å². The first-order valence-corrected chi connectivity index (χ1v) is 9.27. The maximum absolute atomic E-state index is 12.4. The van der Waals surface area contributed by atoms with E-state index in [1.54, 1.807) is 24.3 Å². The van der Waals surface area contributed by atoms with Crippen molar-refractivity contribution in [3.8, 4) is 0 Å². The number of carbonyl (C=O) groups excluding carboxylic acids is 1. The minimum Gasteiger partial charge on any atom is -0.463 e. The number of hydrogen-bond donors (Lipinski definition) is 1. The van der Waals surface area contributed by atoms with Gasteiger partial charge in [-0.25, -0.2) is 0 Å². The molecule has 3 rings (SSSR count). The molecule has 1 aromatic carbocycles. The Bertz CT molecular complexity index is 1000. The lowest BCUT2D eigenvalue weighted by Gasteiger charge is -2.05. The Morgan fingerprint density at radius 3 is 2.81 bits per heavy atom. The van der Waals surface area contributed by atoms with E-state index in [1.807, 2.05) is 0 Å². The Hall–Kier alpha value is -2.80. The van der Waals surface area contributed by atoms with Crippen molar-refractivity contribution in [1.29, 1.82) is 0 Å². The SMILES string of the molecule is CCC(CC)c1nnc(NC(=O)/C=C/c2coc3ccccc3c2=O)s1. The molecule has 1 N–H and O–H groups in total. The normalized spacial score (nSPS) is 11.5. The molecular formula is C19H19N3O3S. The summed E-state index contributed by atoms with van der Waals surface area (Å²) in [6.07, 6.45) is 6.05. The summed E-state index contributed by atoms with van der Waals surface area (Å²) < 4.78 is 5.43. The highest BCUT2D eigenvalue weighted by Gasteiger charge is 2.14. The van der Waals surface area contributed by atoms with Crippen molar-refractivity contribution >= 4 is 39.4 Å². The van der Waals surface area contributed by atoms with Gasteiger partial charge in [-0.15, -0.1) is 10.2 Å². The van der Waals surface area contributed by atoms with Gasteiger partial charge in [0.2, 0.25) is 11.0 Å². The van der Waals surface area contributed by atoms with Crippen LogP contribution in [0.25, 0.3) is 17.0 Å². The van der Waals surface area contributed by atoms with E-state index in [9.17, 15) is 9.59 Å². The number of para-hydroxylation sites is 1. The molecule has 2 heterocycles. The largest absolute Gasteiger partial charge is 0.463 e. The smallest absolute Gasteiger partial charge is 0.250 e. The number of amides is 1. The Balaban J connectivity index is 1.72. The van der Waals surface area contributed by atoms with Crippen LogP contribution in [-0.2, 0) is 4.79 Å². The van der Waals surface area contributed by atoms with Crippen molar-refractivity contribution in [3.05, 3.63) is 57.4 Å². The fourth-order valence-corrected chi connectivity index (χ4v) is 3.62. The number of benzene rings is 1. The minimum absolute atomic E-state index is 0.178. The number of anilines is 1. The maximum atomic E-state index is 12.4. The summed E-state index contributed by atoms with van der Waals surface area (Å²) in [5.41, 5.74) is 0.651. The molecule has 0 atom stereocenters. The van der Waals surface area contributed by atoms with Crippen LogP contribution < -0.4 is 10.7 Å². The molecule has 0 unspecified atom stereocenters. The molecule has 0 saturated heterocycles. The van der Waals surface area contributed by atoms with Gasteiger partial charge in [0.1, 0.15) is 16.9 Å². The van der Waals surface area contributed by atoms with E-state index in [0.717, 1.165) is 17.8 Å². The van der Waals surface area contributed by atoms with Gasteiger partial charge in [-0.3, -0.25) is 14.9 Å². The van der Waals surface area contributed by atoms with Crippen LogP contribution in [0.4, 0.5) is 5.13 Å². The molecule has 0 aliphatic rings. The van der Waals surface area contributed by atoms with Gasteiger partial charge < -0.3 is 4.42 Å². The number of nitrogens with one attached hydrogen (secondary N) is 1. The van der Waals surface area contributed by atoms with E-state index in [0.29, 0.717) is 27.6 Å². The minimum atomic E-state index is -0.371. The molecule has 0 spiro atoms. The lowest BCUT2D eigenvalue weighted by atomic mass is 10.1.